The second-order valence-corrected chi connectivity index (χ2v) is 16.1. The smallest absolute Gasteiger partial charge is 0.303 e. The quantitative estimate of drug-likeness (QED) is 0.152. The van der Waals surface area contributed by atoms with E-state index in [9.17, 15) is 36.6 Å². The van der Waals surface area contributed by atoms with Gasteiger partial charge in [0.1, 0.15) is 8.82 Å². The van der Waals surface area contributed by atoms with Gasteiger partial charge in [-0.25, -0.2) is 22.0 Å². The van der Waals surface area contributed by atoms with Crippen molar-refractivity contribution in [1.29, 1.82) is 0 Å². The Hall–Kier alpha value is -1.71. The number of carbonyl (C=O) groups excluding carboxylic acids is 1. The number of amides is 1. The summed E-state index contributed by atoms with van der Waals surface area (Å²) < 4.78 is 48.6. The van der Waals surface area contributed by atoms with E-state index < -0.39 is 71.7 Å². The molecule has 0 aromatic heterocycles. The van der Waals surface area contributed by atoms with Crippen LogP contribution in [0.25, 0.3) is 0 Å². The molecule has 2 fully saturated rings. The maximum absolute atomic E-state index is 13.4. The zero-order valence-corrected chi connectivity index (χ0v) is 24.4. The highest BCUT2D eigenvalue weighted by Crippen LogP contribution is 2.49. The number of carboxylic acid groups (broad SMARTS) is 1. The number of hydrogen-bond donors (Lipinski definition) is 4. The molecule has 0 aromatic carbocycles. The molecule has 39 heavy (non-hydrogen) atoms. The highest BCUT2D eigenvalue weighted by molar-refractivity contribution is 8.24. The van der Waals surface area contributed by atoms with Gasteiger partial charge in [-0.05, 0) is 51.5 Å². The number of hydrogen-bond acceptors (Lipinski definition) is 9. The number of primary sulfonamides is 1. The van der Waals surface area contributed by atoms with Crippen molar-refractivity contribution in [3.05, 3.63) is 34.6 Å². The summed E-state index contributed by atoms with van der Waals surface area (Å²) in [6.07, 6.45) is 8.29. The van der Waals surface area contributed by atoms with Crippen molar-refractivity contribution in [3.8, 4) is 0 Å². The van der Waals surface area contributed by atoms with Crippen molar-refractivity contribution in [2.24, 2.45) is 22.9 Å². The monoisotopic (exact) mass is 606 g/mol. The van der Waals surface area contributed by atoms with Gasteiger partial charge in [0.25, 0.3) is 0 Å². The van der Waals surface area contributed by atoms with Gasteiger partial charge in [-0.1, -0.05) is 36.1 Å². The predicted molar refractivity (Wildman–Crippen MR) is 148 cm³/mol. The summed E-state index contributed by atoms with van der Waals surface area (Å²) in [4.78, 5) is 25.5. The highest BCUT2D eigenvalue weighted by Gasteiger charge is 2.53. The number of sulfone groups is 1. The molecule has 8 atom stereocenters. The van der Waals surface area contributed by atoms with Crippen molar-refractivity contribution >= 4 is 43.5 Å². The van der Waals surface area contributed by atoms with Gasteiger partial charge in [-0.3, -0.25) is 9.59 Å². The number of carboxylic acids is 1. The minimum atomic E-state index is -4.10. The minimum Gasteiger partial charge on any atom is -0.481 e. The molecule has 0 radical (unpaired) electrons. The molecule has 0 spiro atoms. The van der Waals surface area contributed by atoms with Gasteiger partial charge in [0.15, 0.2) is 9.84 Å². The maximum Gasteiger partial charge on any atom is 0.303 e. The van der Waals surface area contributed by atoms with Crippen LogP contribution in [0.3, 0.4) is 0 Å². The lowest BCUT2D eigenvalue weighted by atomic mass is 9.89. The molecule has 1 amide bonds. The molecule has 3 aliphatic rings. The number of nitrogens with two attached hydrogens (primary N) is 1. The summed E-state index contributed by atoms with van der Waals surface area (Å²) in [5.74, 6) is -2.81. The van der Waals surface area contributed by atoms with Crippen LogP contribution in [0.1, 0.15) is 52.4 Å². The fourth-order valence-electron chi connectivity index (χ4n) is 5.70. The summed E-state index contributed by atoms with van der Waals surface area (Å²) in [6.45, 7) is 3.57. The molecular weight excluding hydrogens is 568 g/mol. The van der Waals surface area contributed by atoms with Gasteiger partial charge in [-0.2, -0.15) is 0 Å². The third-order valence-electron chi connectivity index (χ3n) is 7.80. The second-order valence-electron chi connectivity index (χ2n) is 10.4. The number of thioether (sulfide) groups is 1. The Bertz CT molecular complexity index is 1230. The number of aliphatic hydroxyl groups excluding tert-OH is 2. The number of sulfonamides is 1. The Kier molecular flexibility index (Phi) is 10.5. The number of carbonyl (C=O) groups is 2. The Morgan fingerprint density at radius 2 is 1.90 bits per heavy atom. The first-order chi connectivity index (χ1) is 18.2. The Labute approximate surface area is 234 Å². The van der Waals surface area contributed by atoms with Crippen LogP contribution in [0.2, 0.25) is 0 Å². The summed E-state index contributed by atoms with van der Waals surface area (Å²) >= 11 is 0.712. The summed E-state index contributed by atoms with van der Waals surface area (Å²) in [5.41, 5.74) is 0. The van der Waals surface area contributed by atoms with E-state index in [1.165, 1.54) is 17.1 Å². The van der Waals surface area contributed by atoms with E-state index in [4.69, 9.17) is 10.2 Å². The van der Waals surface area contributed by atoms with Crippen LogP contribution in [0.5, 0.6) is 0 Å². The lowest BCUT2D eigenvalue weighted by Crippen LogP contribution is -2.53. The number of aliphatic carboxylic acids is 1. The Balaban J connectivity index is 1.75. The van der Waals surface area contributed by atoms with E-state index >= 15 is 0 Å². The second kappa shape index (κ2) is 12.9. The van der Waals surface area contributed by atoms with Crippen LogP contribution in [-0.2, 0) is 29.4 Å². The van der Waals surface area contributed by atoms with Crippen LogP contribution < -0.4 is 5.14 Å². The van der Waals surface area contributed by atoms with E-state index in [-0.39, 0.29) is 36.0 Å². The third-order valence-corrected chi connectivity index (χ3v) is 13.8. The SMILES string of the molecule is CCN(C(=O)/C=C/[C@@H]1[C@@H](C/C=C\CCCC(=O)O)[C@@H](O)C[C@H]1O)[C@H]1C[C@H](C)S(=O)(=O)C2SC(S(N)(=O)=O)=CC21. The average molecular weight is 607 g/mol. The molecule has 1 saturated carbocycles. The molecule has 3 rings (SSSR count). The molecule has 0 bridgehead atoms. The molecule has 2 unspecified atom stereocenters. The Morgan fingerprint density at radius 1 is 1.21 bits per heavy atom. The number of rotatable bonds is 11. The summed E-state index contributed by atoms with van der Waals surface area (Å²) in [5, 5.41) is 34.2. The van der Waals surface area contributed by atoms with Crippen LogP contribution in [0, 0.1) is 17.8 Å². The zero-order valence-electron chi connectivity index (χ0n) is 22.0. The lowest BCUT2D eigenvalue weighted by molar-refractivity contribution is -0.137. The average Bonchev–Trinajstić information content (AvgIpc) is 3.41. The van der Waals surface area contributed by atoms with E-state index in [0.29, 0.717) is 31.0 Å². The van der Waals surface area contributed by atoms with Crippen LogP contribution in [0.4, 0.5) is 0 Å². The van der Waals surface area contributed by atoms with Crippen molar-refractivity contribution in [2.45, 2.75) is 80.5 Å². The maximum atomic E-state index is 13.4. The van der Waals surface area contributed by atoms with Gasteiger partial charge in [0, 0.05) is 37.3 Å². The van der Waals surface area contributed by atoms with Gasteiger partial charge in [0.2, 0.25) is 15.9 Å². The molecule has 14 heteroatoms. The van der Waals surface area contributed by atoms with Gasteiger partial charge >= 0.3 is 5.97 Å². The van der Waals surface area contributed by atoms with Gasteiger partial charge in [0.05, 0.1) is 17.5 Å². The normalized spacial score (nSPS) is 34.3. The number of likely N-dealkylation sites (N-methyl/N-ethyl adjacent to an activating group) is 1. The lowest BCUT2D eigenvalue weighted by Gasteiger charge is -2.41. The minimum absolute atomic E-state index is 0.0711. The first kappa shape index (κ1) is 31.8. The standard InChI is InChI=1S/C25H38N2O9S3/c1-3-27(19-12-15(2)38(33,34)25-18(19)13-24(37-25)39(26,35)36)22(30)11-10-17-16(20(28)14-21(17)29)8-6-4-5-7-9-23(31)32/h4,6,10-11,13,15-21,25,28-29H,3,5,7-9,12,14H2,1-2H3,(H,31,32)(H2,26,35,36)/b6-4-,11-10+/t15-,16+,17+,18?,19-,20-,21+,25?/m0/s1. The fourth-order valence-corrected chi connectivity index (χ4v) is 11.0. The molecular formula is C25H38N2O9S3. The number of unbranched alkanes of at least 4 members (excludes halogenated alkanes) is 1. The zero-order chi connectivity index (χ0) is 29.1. The van der Waals surface area contributed by atoms with Crippen LogP contribution in [-0.4, -0.2) is 83.6 Å². The van der Waals surface area contributed by atoms with Crippen molar-refractivity contribution in [1.82, 2.24) is 4.90 Å². The molecule has 2 aliphatic heterocycles. The Morgan fingerprint density at radius 3 is 2.51 bits per heavy atom. The van der Waals surface area contributed by atoms with Crippen molar-refractivity contribution in [2.75, 3.05) is 6.54 Å². The predicted octanol–water partition coefficient (Wildman–Crippen LogP) is 1.34. The van der Waals surface area contributed by atoms with Crippen LogP contribution >= 0.6 is 11.8 Å². The fraction of sp³-hybridized carbons (Fsp3) is 0.680. The van der Waals surface area contributed by atoms with Crippen molar-refractivity contribution < 1.29 is 41.7 Å². The number of nitrogens with zero attached hydrogens (tertiary/aromatic N) is 1. The van der Waals surface area contributed by atoms with Gasteiger partial charge < -0.3 is 20.2 Å². The molecule has 1 saturated heterocycles. The summed E-state index contributed by atoms with van der Waals surface area (Å²) in [6, 6.07) is -0.564. The third kappa shape index (κ3) is 7.33. The molecule has 1 aliphatic carbocycles. The number of fused-ring (bicyclic) bond motifs is 1. The molecule has 2 heterocycles. The van der Waals surface area contributed by atoms with Crippen molar-refractivity contribution in [3.63, 3.8) is 0 Å². The molecule has 5 N–H and O–H groups in total. The topological polar surface area (TPSA) is 192 Å². The largest absolute Gasteiger partial charge is 0.481 e. The van der Waals surface area contributed by atoms with E-state index in [1.54, 1.807) is 19.9 Å². The molecule has 0 aromatic rings. The summed E-state index contributed by atoms with van der Waals surface area (Å²) in [7, 11) is -7.76. The molecule has 220 valence electrons. The van der Waals surface area contributed by atoms with E-state index in [2.05, 4.69) is 0 Å². The first-order valence-corrected chi connectivity index (χ1v) is 17.1. The molecule has 11 nitrogen and oxygen atoms in total. The van der Waals surface area contributed by atoms with E-state index in [1.807, 2.05) is 12.2 Å². The highest BCUT2D eigenvalue weighted by atomic mass is 32.3. The van der Waals surface area contributed by atoms with Crippen LogP contribution in [0.15, 0.2) is 34.6 Å². The van der Waals surface area contributed by atoms with Gasteiger partial charge in [-0.15, -0.1) is 0 Å². The number of aliphatic hydroxyl groups is 2. The first-order valence-electron chi connectivity index (χ1n) is 13.0. The number of allylic oxidation sites excluding steroid dienone is 2. The van der Waals surface area contributed by atoms with E-state index in [0.717, 1.165) is 0 Å².